The summed E-state index contributed by atoms with van der Waals surface area (Å²) < 4.78 is 0. The highest BCUT2D eigenvalue weighted by molar-refractivity contribution is 5.83. The van der Waals surface area contributed by atoms with Crippen LogP contribution in [0.15, 0.2) is 0 Å². The van der Waals surface area contributed by atoms with Gasteiger partial charge >= 0.3 is 0 Å². The molecule has 1 unspecified atom stereocenters. The molecule has 2 saturated heterocycles. The molecule has 16 heavy (non-hydrogen) atoms. The Labute approximate surface area is 95.6 Å². The van der Waals surface area contributed by atoms with E-state index in [2.05, 4.69) is 10.6 Å². The molecule has 2 N–H and O–H groups in total. The molecule has 0 radical (unpaired) electrons. The predicted octanol–water partition coefficient (Wildman–Crippen LogP) is -0.667. The Morgan fingerprint density at radius 3 is 2.69 bits per heavy atom. The van der Waals surface area contributed by atoms with E-state index in [1.54, 1.807) is 11.9 Å². The second-order valence-corrected chi connectivity index (χ2v) is 4.71. The highest BCUT2D eigenvalue weighted by Gasteiger charge is 2.30. The van der Waals surface area contributed by atoms with Crippen LogP contribution in [0.4, 0.5) is 0 Å². The number of nitrogens with zero attached hydrogens (tertiary/aromatic N) is 1. The largest absolute Gasteiger partial charge is 0.351 e. The minimum absolute atomic E-state index is 0.0138. The fraction of sp³-hybridized carbons (Fsp3) is 0.818. The smallest absolute Gasteiger partial charge is 0.224 e. The molecule has 2 fully saturated rings. The van der Waals surface area contributed by atoms with Gasteiger partial charge in [0.15, 0.2) is 0 Å². The van der Waals surface area contributed by atoms with Gasteiger partial charge in [-0.25, -0.2) is 0 Å². The maximum Gasteiger partial charge on any atom is 0.224 e. The van der Waals surface area contributed by atoms with E-state index in [0.29, 0.717) is 13.0 Å². The molecule has 5 heteroatoms. The van der Waals surface area contributed by atoms with Gasteiger partial charge in [-0.1, -0.05) is 0 Å². The molecule has 0 bridgehead atoms. The second-order valence-electron chi connectivity index (χ2n) is 4.71. The van der Waals surface area contributed by atoms with Crippen molar-refractivity contribution in [2.24, 2.45) is 5.92 Å². The molecular formula is C11H19N3O2. The van der Waals surface area contributed by atoms with Crippen LogP contribution >= 0.6 is 0 Å². The van der Waals surface area contributed by atoms with Gasteiger partial charge < -0.3 is 15.5 Å². The van der Waals surface area contributed by atoms with Gasteiger partial charge in [0.25, 0.3) is 0 Å². The summed E-state index contributed by atoms with van der Waals surface area (Å²) in [4.78, 5) is 24.9. The summed E-state index contributed by atoms with van der Waals surface area (Å²) in [5.74, 6) is 0.368. The van der Waals surface area contributed by atoms with Crippen LogP contribution in [-0.4, -0.2) is 49.4 Å². The third kappa shape index (κ3) is 2.52. The topological polar surface area (TPSA) is 61.4 Å². The van der Waals surface area contributed by atoms with Crippen LogP contribution in [0.3, 0.4) is 0 Å². The van der Waals surface area contributed by atoms with Crippen molar-refractivity contribution in [1.29, 1.82) is 0 Å². The third-order valence-corrected chi connectivity index (χ3v) is 3.40. The lowest BCUT2D eigenvalue weighted by Crippen LogP contribution is -2.43. The zero-order valence-electron chi connectivity index (χ0n) is 9.66. The Kier molecular flexibility index (Phi) is 3.43. The molecule has 0 aromatic carbocycles. The molecule has 0 aliphatic carbocycles. The van der Waals surface area contributed by atoms with Gasteiger partial charge in [-0.15, -0.1) is 0 Å². The van der Waals surface area contributed by atoms with E-state index in [1.165, 1.54) is 0 Å². The Balaban J connectivity index is 1.81. The minimum Gasteiger partial charge on any atom is -0.351 e. The van der Waals surface area contributed by atoms with Gasteiger partial charge in [-0.3, -0.25) is 9.59 Å². The van der Waals surface area contributed by atoms with Gasteiger partial charge in [-0.2, -0.15) is 0 Å². The van der Waals surface area contributed by atoms with Crippen molar-refractivity contribution in [3.63, 3.8) is 0 Å². The standard InChI is InChI=1S/C11H19N3O2/c1-14-7-9(6-10(14)15)13-11(16)8-2-4-12-5-3-8/h8-9,12H,2-7H2,1H3,(H,13,16). The number of likely N-dealkylation sites (tertiary alicyclic amines) is 1. The molecule has 5 nitrogen and oxygen atoms in total. The Morgan fingerprint density at radius 1 is 1.44 bits per heavy atom. The van der Waals surface area contributed by atoms with Gasteiger partial charge in [0.05, 0.1) is 6.04 Å². The predicted molar refractivity (Wildman–Crippen MR) is 59.8 cm³/mol. The van der Waals surface area contributed by atoms with Crippen molar-refractivity contribution >= 4 is 11.8 Å². The van der Waals surface area contributed by atoms with Crippen LogP contribution in [0.1, 0.15) is 19.3 Å². The molecular weight excluding hydrogens is 206 g/mol. The Hall–Kier alpha value is -1.10. The molecule has 1 atom stereocenters. The first kappa shape index (κ1) is 11.4. The van der Waals surface area contributed by atoms with Crippen molar-refractivity contribution in [2.75, 3.05) is 26.7 Å². The summed E-state index contributed by atoms with van der Waals surface area (Å²) in [6, 6.07) is 0.0138. The highest BCUT2D eigenvalue weighted by Crippen LogP contribution is 2.14. The van der Waals surface area contributed by atoms with Crippen molar-refractivity contribution < 1.29 is 9.59 Å². The van der Waals surface area contributed by atoms with Crippen LogP contribution in [0.5, 0.6) is 0 Å². The molecule has 2 aliphatic heterocycles. The molecule has 0 aromatic rings. The van der Waals surface area contributed by atoms with E-state index in [0.717, 1.165) is 25.9 Å². The van der Waals surface area contributed by atoms with Gasteiger partial charge in [0.1, 0.15) is 0 Å². The van der Waals surface area contributed by atoms with E-state index in [-0.39, 0.29) is 23.8 Å². The van der Waals surface area contributed by atoms with Crippen LogP contribution in [0.2, 0.25) is 0 Å². The first-order valence-corrected chi connectivity index (χ1v) is 5.92. The number of nitrogens with one attached hydrogen (secondary N) is 2. The summed E-state index contributed by atoms with van der Waals surface area (Å²) in [5, 5.41) is 6.22. The van der Waals surface area contributed by atoms with Crippen LogP contribution < -0.4 is 10.6 Å². The average Bonchev–Trinajstić information content (AvgIpc) is 2.59. The molecule has 90 valence electrons. The van der Waals surface area contributed by atoms with E-state index in [1.807, 2.05) is 0 Å². The lowest BCUT2D eigenvalue weighted by molar-refractivity contribution is -0.126. The fourth-order valence-electron chi connectivity index (χ4n) is 2.36. The summed E-state index contributed by atoms with van der Waals surface area (Å²) >= 11 is 0. The first-order chi connectivity index (χ1) is 7.66. The monoisotopic (exact) mass is 225 g/mol. The van der Waals surface area contributed by atoms with Crippen molar-refractivity contribution in [3.05, 3.63) is 0 Å². The van der Waals surface area contributed by atoms with Crippen molar-refractivity contribution in [1.82, 2.24) is 15.5 Å². The van der Waals surface area contributed by atoms with E-state index >= 15 is 0 Å². The molecule has 2 aliphatic rings. The molecule has 0 saturated carbocycles. The quantitative estimate of drug-likeness (QED) is 0.655. The van der Waals surface area contributed by atoms with E-state index in [4.69, 9.17) is 0 Å². The molecule has 0 spiro atoms. The summed E-state index contributed by atoms with van der Waals surface area (Å²) in [7, 11) is 1.78. The Morgan fingerprint density at radius 2 is 2.12 bits per heavy atom. The van der Waals surface area contributed by atoms with Gasteiger partial charge in [-0.05, 0) is 25.9 Å². The number of hydrogen-bond donors (Lipinski definition) is 2. The minimum atomic E-state index is 0.0138. The third-order valence-electron chi connectivity index (χ3n) is 3.40. The lowest BCUT2D eigenvalue weighted by Gasteiger charge is -2.23. The highest BCUT2D eigenvalue weighted by atomic mass is 16.2. The van der Waals surface area contributed by atoms with Crippen molar-refractivity contribution in [2.45, 2.75) is 25.3 Å². The number of carbonyl (C=O) groups is 2. The fourth-order valence-corrected chi connectivity index (χ4v) is 2.36. The number of amides is 2. The maximum absolute atomic E-state index is 11.9. The average molecular weight is 225 g/mol. The van der Waals surface area contributed by atoms with Crippen LogP contribution in [0, 0.1) is 5.92 Å². The number of rotatable bonds is 2. The maximum atomic E-state index is 11.9. The zero-order valence-corrected chi connectivity index (χ0v) is 9.66. The molecule has 2 rings (SSSR count). The Bertz CT molecular complexity index is 287. The summed E-state index contributed by atoms with van der Waals surface area (Å²) in [6.07, 6.45) is 2.26. The lowest BCUT2D eigenvalue weighted by atomic mass is 9.97. The number of carbonyl (C=O) groups excluding carboxylic acids is 2. The first-order valence-electron chi connectivity index (χ1n) is 5.92. The van der Waals surface area contributed by atoms with E-state index < -0.39 is 0 Å². The second kappa shape index (κ2) is 4.82. The number of hydrogen-bond acceptors (Lipinski definition) is 3. The summed E-state index contributed by atoms with van der Waals surface area (Å²) in [6.45, 7) is 2.48. The normalized spacial score (nSPS) is 27.2. The van der Waals surface area contributed by atoms with Crippen LogP contribution in [-0.2, 0) is 9.59 Å². The molecule has 2 heterocycles. The van der Waals surface area contributed by atoms with Crippen molar-refractivity contribution in [3.8, 4) is 0 Å². The SMILES string of the molecule is CN1CC(NC(=O)C2CCNCC2)CC1=O. The number of likely N-dealkylation sites (N-methyl/N-ethyl adjacent to an activating group) is 1. The van der Waals surface area contributed by atoms with Crippen LogP contribution in [0.25, 0.3) is 0 Å². The summed E-state index contributed by atoms with van der Waals surface area (Å²) in [5.41, 5.74) is 0. The zero-order chi connectivity index (χ0) is 11.5. The molecule has 2 amide bonds. The van der Waals surface area contributed by atoms with Gasteiger partial charge in [0.2, 0.25) is 11.8 Å². The number of piperidine rings is 1. The van der Waals surface area contributed by atoms with Gasteiger partial charge in [0, 0.05) is 25.9 Å². The van der Waals surface area contributed by atoms with E-state index in [9.17, 15) is 9.59 Å². The molecule has 0 aromatic heterocycles.